The second-order valence-electron chi connectivity index (χ2n) is 5.70. The van der Waals surface area contributed by atoms with Crippen LogP contribution in [0.15, 0.2) is 41.8 Å². The van der Waals surface area contributed by atoms with Gasteiger partial charge in [0.15, 0.2) is 6.61 Å². The van der Waals surface area contributed by atoms with Gasteiger partial charge in [0.2, 0.25) is 0 Å². The van der Waals surface area contributed by atoms with Gasteiger partial charge in [0.05, 0.1) is 11.5 Å². The quantitative estimate of drug-likeness (QED) is 0.762. The number of esters is 1. The molecule has 0 saturated carbocycles. The van der Waals surface area contributed by atoms with Crippen LogP contribution in [0.1, 0.15) is 37.3 Å². The molecule has 2 rings (SSSR count). The van der Waals surface area contributed by atoms with Gasteiger partial charge in [0.1, 0.15) is 11.1 Å². The number of anilines is 1. The highest BCUT2D eigenvalue weighted by Gasteiger charge is 2.27. The summed E-state index contributed by atoms with van der Waals surface area (Å²) in [6, 6.07) is 13.1. The van der Waals surface area contributed by atoms with Gasteiger partial charge >= 0.3 is 5.97 Å². The van der Waals surface area contributed by atoms with Gasteiger partial charge in [0, 0.05) is 0 Å². The van der Waals surface area contributed by atoms with Crippen molar-refractivity contribution in [2.45, 2.75) is 26.2 Å². The first-order chi connectivity index (χ1) is 12.1. The minimum atomic E-state index is -0.455. The summed E-state index contributed by atoms with van der Waals surface area (Å²) in [5.74, 6) is -1.18. The lowest BCUT2D eigenvalue weighted by atomic mass is 9.86. The second-order valence-corrected chi connectivity index (χ2v) is 6.62. The van der Waals surface area contributed by atoms with Crippen molar-refractivity contribution in [3.8, 4) is 6.07 Å². The topological polar surface area (TPSA) is 79.2 Å². The van der Waals surface area contributed by atoms with Gasteiger partial charge in [-0.15, -0.1) is 11.3 Å². The molecule has 0 spiro atoms. The highest BCUT2D eigenvalue weighted by Crippen LogP contribution is 2.28. The Morgan fingerprint density at radius 3 is 2.64 bits per heavy atom. The number of nitrogens with zero attached hydrogens (tertiary/aromatic N) is 1. The molecule has 0 aliphatic carbocycles. The number of nitriles is 1. The van der Waals surface area contributed by atoms with E-state index >= 15 is 0 Å². The van der Waals surface area contributed by atoms with Crippen LogP contribution in [-0.4, -0.2) is 18.5 Å². The van der Waals surface area contributed by atoms with Crippen LogP contribution in [0.25, 0.3) is 0 Å². The molecule has 1 amide bonds. The van der Waals surface area contributed by atoms with Crippen molar-refractivity contribution in [1.82, 2.24) is 0 Å². The lowest BCUT2D eigenvalue weighted by molar-refractivity contribution is -0.150. The largest absolute Gasteiger partial charge is 0.455 e. The molecule has 0 aliphatic rings. The van der Waals surface area contributed by atoms with Crippen LogP contribution in [0.5, 0.6) is 0 Å². The summed E-state index contributed by atoms with van der Waals surface area (Å²) in [5.41, 5.74) is 1.28. The van der Waals surface area contributed by atoms with Crippen LogP contribution in [-0.2, 0) is 14.3 Å². The predicted molar refractivity (Wildman–Crippen MR) is 97.3 cm³/mol. The summed E-state index contributed by atoms with van der Waals surface area (Å²) in [6.45, 7) is 3.63. The number of carbonyl (C=O) groups is 2. The molecule has 0 unspecified atom stereocenters. The van der Waals surface area contributed by atoms with Gasteiger partial charge in [-0.1, -0.05) is 50.6 Å². The first-order valence-corrected chi connectivity index (χ1v) is 8.93. The number of hydrogen-bond donors (Lipinski definition) is 1. The lowest BCUT2D eigenvalue weighted by Gasteiger charge is -2.21. The third kappa shape index (κ3) is 4.91. The molecule has 130 valence electrons. The Hall–Kier alpha value is -2.65. The van der Waals surface area contributed by atoms with Crippen molar-refractivity contribution < 1.29 is 14.3 Å². The Labute approximate surface area is 151 Å². The standard InChI is InChI=1S/C19H20N2O3S/c1-3-13(2)17(14-7-5-4-6-8-14)19(23)24-12-16(22)21-18-15(11-20)9-10-25-18/h4-10,13,17H,3,12H2,1-2H3,(H,21,22)/t13-,17+/m1/s1. The van der Waals surface area contributed by atoms with Crippen molar-refractivity contribution in [3.63, 3.8) is 0 Å². The fraction of sp³-hybridized carbons (Fsp3) is 0.316. The van der Waals surface area contributed by atoms with E-state index in [2.05, 4.69) is 5.32 Å². The summed E-state index contributed by atoms with van der Waals surface area (Å²) in [4.78, 5) is 24.5. The van der Waals surface area contributed by atoms with E-state index in [1.54, 1.807) is 11.4 Å². The van der Waals surface area contributed by atoms with Gasteiger partial charge in [-0.05, 0) is 22.9 Å². The van der Waals surface area contributed by atoms with Gasteiger partial charge in [-0.2, -0.15) is 5.26 Å². The van der Waals surface area contributed by atoms with Gasteiger partial charge in [0.25, 0.3) is 5.91 Å². The van der Waals surface area contributed by atoms with E-state index in [0.29, 0.717) is 10.6 Å². The maximum atomic E-state index is 12.5. The van der Waals surface area contributed by atoms with Gasteiger partial charge in [-0.25, -0.2) is 0 Å². The molecule has 2 atom stereocenters. The highest BCUT2D eigenvalue weighted by molar-refractivity contribution is 7.14. The zero-order valence-electron chi connectivity index (χ0n) is 14.2. The average Bonchev–Trinajstić information content (AvgIpc) is 3.08. The fourth-order valence-corrected chi connectivity index (χ4v) is 3.23. The first kappa shape index (κ1) is 18.7. The summed E-state index contributed by atoms with van der Waals surface area (Å²) < 4.78 is 5.24. The van der Waals surface area contributed by atoms with E-state index in [1.807, 2.05) is 50.2 Å². The summed E-state index contributed by atoms with van der Waals surface area (Å²) >= 11 is 1.25. The summed E-state index contributed by atoms with van der Waals surface area (Å²) in [5, 5.41) is 13.7. The molecule has 25 heavy (non-hydrogen) atoms. The molecule has 1 aromatic heterocycles. The van der Waals surface area contributed by atoms with Crippen molar-refractivity contribution >= 4 is 28.2 Å². The van der Waals surface area contributed by atoms with E-state index in [9.17, 15) is 9.59 Å². The van der Waals surface area contributed by atoms with Crippen LogP contribution in [0.3, 0.4) is 0 Å². The number of ether oxygens (including phenoxy) is 1. The number of rotatable bonds is 7. The average molecular weight is 356 g/mol. The van der Waals surface area contributed by atoms with E-state index in [4.69, 9.17) is 10.00 Å². The Kier molecular flexibility index (Phi) is 6.72. The zero-order valence-corrected chi connectivity index (χ0v) is 15.0. The van der Waals surface area contributed by atoms with Gasteiger partial charge in [-0.3, -0.25) is 9.59 Å². The lowest BCUT2D eigenvalue weighted by Crippen LogP contribution is -2.26. The molecule has 1 aromatic carbocycles. The number of benzene rings is 1. The van der Waals surface area contributed by atoms with E-state index in [-0.39, 0.29) is 12.5 Å². The Morgan fingerprint density at radius 1 is 1.28 bits per heavy atom. The summed E-state index contributed by atoms with van der Waals surface area (Å²) in [6.07, 6.45) is 0.821. The van der Waals surface area contributed by atoms with Crippen LogP contribution in [0, 0.1) is 17.2 Å². The van der Waals surface area contributed by atoms with Crippen molar-refractivity contribution in [1.29, 1.82) is 5.26 Å². The Balaban J connectivity index is 1.99. The molecule has 2 aromatic rings. The molecule has 1 N–H and O–H groups in total. The first-order valence-electron chi connectivity index (χ1n) is 8.05. The predicted octanol–water partition coefficient (Wildman–Crippen LogP) is 3.93. The van der Waals surface area contributed by atoms with E-state index in [0.717, 1.165) is 12.0 Å². The zero-order chi connectivity index (χ0) is 18.2. The molecule has 0 saturated heterocycles. The summed E-state index contributed by atoms with van der Waals surface area (Å²) in [7, 11) is 0. The fourth-order valence-electron chi connectivity index (χ4n) is 2.48. The molecule has 6 heteroatoms. The molecule has 0 radical (unpaired) electrons. The number of carbonyl (C=O) groups excluding carboxylic acids is 2. The smallest absolute Gasteiger partial charge is 0.314 e. The molecule has 0 fully saturated rings. The molecule has 0 aliphatic heterocycles. The number of hydrogen-bond acceptors (Lipinski definition) is 5. The highest BCUT2D eigenvalue weighted by atomic mass is 32.1. The normalized spacial score (nSPS) is 12.7. The van der Waals surface area contributed by atoms with Crippen LogP contribution in [0.4, 0.5) is 5.00 Å². The minimum Gasteiger partial charge on any atom is -0.455 e. The molecule has 1 heterocycles. The maximum absolute atomic E-state index is 12.5. The van der Waals surface area contributed by atoms with Crippen LogP contribution >= 0.6 is 11.3 Å². The van der Waals surface area contributed by atoms with Gasteiger partial charge < -0.3 is 10.1 Å². The van der Waals surface area contributed by atoms with Crippen molar-refractivity contribution in [2.24, 2.45) is 5.92 Å². The van der Waals surface area contributed by atoms with Crippen molar-refractivity contribution in [3.05, 3.63) is 52.9 Å². The molecular formula is C19H20N2O3S. The van der Waals surface area contributed by atoms with E-state index < -0.39 is 17.8 Å². The monoisotopic (exact) mass is 356 g/mol. The number of thiophene rings is 1. The minimum absolute atomic E-state index is 0.0976. The number of amides is 1. The van der Waals surface area contributed by atoms with Crippen molar-refractivity contribution in [2.75, 3.05) is 11.9 Å². The third-order valence-corrected chi connectivity index (χ3v) is 4.84. The van der Waals surface area contributed by atoms with Crippen LogP contribution in [0.2, 0.25) is 0 Å². The van der Waals surface area contributed by atoms with E-state index in [1.165, 1.54) is 11.3 Å². The van der Waals surface area contributed by atoms with Crippen LogP contribution < -0.4 is 5.32 Å². The molecule has 5 nitrogen and oxygen atoms in total. The molecular weight excluding hydrogens is 336 g/mol. The Bertz CT molecular complexity index is 764. The molecule has 0 bridgehead atoms. The second kappa shape index (κ2) is 9.00. The third-order valence-electron chi connectivity index (χ3n) is 4.01. The Morgan fingerprint density at radius 2 is 2.00 bits per heavy atom. The SMILES string of the molecule is CC[C@@H](C)[C@H](C(=O)OCC(=O)Nc1sccc1C#N)c1ccccc1. The number of nitrogens with one attached hydrogen (secondary N) is 1. The maximum Gasteiger partial charge on any atom is 0.314 e.